The van der Waals surface area contributed by atoms with E-state index in [-0.39, 0.29) is 17.2 Å². The molecule has 0 atom stereocenters. The Balaban J connectivity index is 1.45. The summed E-state index contributed by atoms with van der Waals surface area (Å²) in [4.78, 5) is 38.0. The highest BCUT2D eigenvalue weighted by Crippen LogP contribution is 2.34. The Bertz CT molecular complexity index is 1190. The first-order valence-corrected chi connectivity index (χ1v) is 10.6. The lowest BCUT2D eigenvalue weighted by Crippen LogP contribution is -2.38. The molecule has 0 aliphatic carbocycles. The Morgan fingerprint density at radius 1 is 1.25 bits per heavy atom. The molecular weight excluding hydrogens is 434 g/mol. The quantitative estimate of drug-likeness (QED) is 0.317. The van der Waals surface area contributed by atoms with Gasteiger partial charge in [0.1, 0.15) is 6.33 Å². The maximum absolute atomic E-state index is 12.7. The smallest absolute Gasteiger partial charge is 0.338 e. The van der Waals surface area contributed by atoms with E-state index in [1.165, 1.54) is 18.5 Å². The number of nitro groups is 1. The SMILES string of the molecule is Cn1cnnc1Sc1ccc(C(=O)OCC(=O)N2CCCc3ccccc32)cc1[N+](=O)[O-]. The number of aryl methyl sites for hydroxylation is 2. The van der Waals surface area contributed by atoms with Crippen LogP contribution in [-0.4, -0.2) is 44.7 Å². The second kappa shape index (κ2) is 9.18. The zero-order valence-electron chi connectivity index (χ0n) is 17.1. The Kier molecular flexibility index (Phi) is 6.17. The first-order chi connectivity index (χ1) is 15.4. The number of hydrogen-bond acceptors (Lipinski definition) is 8. The number of fused-ring (bicyclic) bond motifs is 1. The van der Waals surface area contributed by atoms with Gasteiger partial charge in [-0.2, -0.15) is 0 Å². The Morgan fingerprint density at radius 2 is 2.06 bits per heavy atom. The minimum atomic E-state index is -0.804. The Labute approximate surface area is 187 Å². The zero-order chi connectivity index (χ0) is 22.7. The number of carbonyl (C=O) groups is 2. The van der Waals surface area contributed by atoms with E-state index in [1.54, 1.807) is 16.5 Å². The molecular formula is C21H19N5O5S. The number of amides is 1. The number of anilines is 1. The van der Waals surface area contributed by atoms with E-state index < -0.39 is 17.5 Å². The van der Waals surface area contributed by atoms with Crippen molar-refractivity contribution < 1.29 is 19.2 Å². The number of hydrogen-bond donors (Lipinski definition) is 0. The van der Waals surface area contributed by atoms with Gasteiger partial charge in [0.05, 0.1) is 15.4 Å². The van der Waals surface area contributed by atoms with Crippen LogP contribution < -0.4 is 4.90 Å². The summed E-state index contributed by atoms with van der Waals surface area (Å²) in [5.41, 5.74) is 1.63. The molecule has 1 aliphatic rings. The van der Waals surface area contributed by atoms with Crippen molar-refractivity contribution in [2.75, 3.05) is 18.1 Å². The number of nitrogens with zero attached hydrogens (tertiary/aromatic N) is 5. The van der Waals surface area contributed by atoms with Crippen LogP contribution in [0.5, 0.6) is 0 Å². The number of para-hydroxylation sites is 1. The summed E-state index contributed by atoms with van der Waals surface area (Å²) in [6.45, 7) is 0.100. The number of nitro benzene ring substituents is 1. The molecule has 1 aromatic heterocycles. The molecule has 32 heavy (non-hydrogen) atoms. The molecule has 0 bridgehead atoms. The third kappa shape index (κ3) is 4.47. The van der Waals surface area contributed by atoms with Crippen LogP contribution in [0.3, 0.4) is 0 Å². The molecule has 2 heterocycles. The van der Waals surface area contributed by atoms with E-state index in [0.717, 1.165) is 41.9 Å². The average Bonchev–Trinajstić information content (AvgIpc) is 3.21. The van der Waals surface area contributed by atoms with Crippen LogP contribution in [0, 0.1) is 10.1 Å². The molecule has 1 aliphatic heterocycles. The van der Waals surface area contributed by atoms with Crippen molar-refractivity contribution in [3.05, 3.63) is 70.0 Å². The zero-order valence-corrected chi connectivity index (χ0v) is 17.9. The number of benzene rings is 2. The van der Waals surface area contributed by atoms with Crippen molar-refractivity contribution in [2.24, 2.45) is 7.05 Å². The van der Waals surface area contributed by atoms with Gasteiger partial charge in [-0.3, -0.25) is 14.9 Å². The van der Waals surface area contributed by atoms with Crippen molar-refractivity contribution in [2.45, 2.75) is 22.9 Å². The summed E-state index contributed by atoms with van der Waals surface area (Å²) in [5, 5.41) is 19.6. The highest BCUT2D eigenvalue weighted by molar-refractivity contribution is 7.99. The van der Waals surface area contributed by atoms with Crippen LogP contribution in [-0.2, 0) is 23.0 Å². The highest BCUT2D eigenvalue weighted by Gasteiger charge is 2.24. The molecule has 0 radical (unpaired) electrons. The van der Waals surface area contributed by atoms with Gasteiger partial charge in [-0.25, -0.2) is 4.79 Å². The Morgan fingerprint density at radius 3 is 2.81 bits per heavy atom. The number of aromatic nitrogens is 3. The second-order valence-corrected chi connectivity index (χ2v) is 8.13. The fourth-order valence-corrected chi connectivity index (χ4v) is 4.27. The van der Waals surface area contributed by atoms with E-state index in [4.69, 9.17) is 4.74 Å². The second-order valence-electron chi connectivity index (χ2n) is 7.12. The number of carbonyl (C=O) groups excluding carboxylic acids is 2. The maximum Gasteiger partial charge on any atom is 0.338 e. The number of esters is 1. The third-order valence-electron chi connectivity index (χ3n) is 5.00. The molecule has 0 fully saturated rings. The van der Waals surface area contributed by atoms with Crippen molar-refractivity contribution in [3.63, 3.8) is 0 Å². The summed E-state index contributed by atoms with van der Waals surface area (Å²) in [6.07, 6.45) is 3.20. The molecule has 11 heteroatoms. The van der Waals surface area contributed by atoms with Crippen LogP contribution in [0.15, 0.2) is 58.8 Å². The lowest BCUT2D eigenvalue weighted by atomic mass is 10.0. The van der Waals surface area contributed by atoms with Gasteiger partial charge in [-0.05, 0) is 48.4 Å². The number of ether oxygens (including phenoxy) is 1. The van der Waals surface area contributed by atoms with Gasteiger partial charge in [-0.15, -0.1) is 10.2 Å². The van der Waals surface area contributed by atoms with E-state index in [1.807, 2.05) is 24.3 Å². The molecule has 0 saturated carbocycles. The Hall–Kier alpha value is -3.73. The third-order valence-corrected chi connectivity index (χ3v) is 6.12. The van der Waals surface area contributed by atoms with Gasteiger partial charge in [0.25, 0.3) is 11.6 Å². The summed E-state index contributed by atoms with van der Waals surface area (Å²) in [6, 6.07) is 11.6. The van der Waals surface area contributed by atoms with E-state index >= 15 is 0 Å². The molecule has 164 valence electrons. The molecule has 10 nitrogen and oxygen atoms in total. The van der Waals surface area contributed by atoms with Crippen LogP contribution >= 0.6 is 11.8 Å². The van der Waals surface area contributed by atoms with Crippen molar-refractivity contribution in [3.8, 4) is 0 Å². The summed E-state index contributed by atoms with van der Waals surface area (Å²) >= 11 is 1.06. The van der Waals surface area contributed by atoms with Crippen molar-refractivity contribution in [1.82, 2.24) is 14.8 Å². The largest absolute Gasteiger partial charge is 0.452 e. The minimum Gasteiger partial charge on any atom is -0.452 e. The van der Waals surface area contributed by atoms with Crippen LogP contribution in [0.1, 0.15) is 22.3 Å². The molecule has 0 spiro atoms. The van der Waals surface area contributed by atoms with Gasteiger partial charge in [0, 0.05) is 25.3 Å². The molecule has 3 aromatic rings. The van der Waals surface area contributed by atoms with Crippen molar-refractivity contribution in [1.29, 1.82) is 0 Å². The molecule has 0 N–H and O–H groups in total. The van der Waals surface area contributed by atoms with E-state index in [9.17, 15) is 19.7 Å². The van der Waals surface area contributed by atoms with Crippen LogP contribution in [0.4, 0.5) is 11.4 Å². The first-order valence-electron chi connectivity index (χ1n) is 9.79. The standard InChI is InChI=1S/C21H19N5O5S/c1-24-13-22-23-21(24)32-18-9-8-15(11-17(18)26(29)30)20(28)31-12-19(27)25-10-4-6-14-5-2-3-7-16(14)25/h2-3,5,7-9,11,13H,4,6,10,12H2,1H3. The molecule has 0 unspecified atom stereocenters. The molecule has 0 saturated heterocycles. The predicted molar refractivity (Wildman–Crippen MR) is 116 cm³/mol. The fourth-order valence-electron chi connectivity index (χ4n) is 3.42. The highest BCUT2D eigenvalue weighted by atomic mass is 32.2. The van der Waals surface area contributed by atoms with E-state index in [0.29, 0.717) is 16.6 Å². The minimum absolute atomic E-state index is 0.00846. The molecule has 4 rings (SSSR count). The summed E-state index contributed by atoms with van der Waals surface area (Å²) in [7, 11) is 1.72. The van der Waals surface area contributed by atoms with Gasteiger partial charge in [0.15, 0.2) is 11.8 Å². The van der Waals surface area contributed by atoms with E-state index in [2.05, 4.69) is 10.2 Å². The normalized spacial score (nSPS) is 12.8. The first kappa shape index (κ1) is 21.5. The summed E-state index contributed by atoms with van der Waals surface area (Å²) < 4.78 is 6.80. The lowest BCUT2D eigenvalue weighted by Gasteiger charge is -2.29. The maximum atomic E-state index is 12.7. The fraction of sp³-hybridized carbons (Fsp3) is 0.238. The monoisotopic (exact) mass is 453 g/mol. The van der Waals surface area contributed by atoms with Crippen molar-refractivity contribution >= 4 is 35.0 Å². The van der Waals surface area contributed by atoms with Gasteiger partial charge in [-0.1, -0.05) is 18.2 Å². The van der Waals surface area contributed by atoms with Gasteiger partial charge < -0.3 is 14.2 Å². The molecule has 2 aromatic carbocycles. The van der Waals surface area contributed by atoms with Crippen LogP contribution in [0.2, 0.25) is 0 Å². The average molecular weight is 453 g/mol. The predicted octanol–water partition coefficient (Wildman–Crippen LogP) is 3.01. The van der Waals surface area contributed by atoms with Gasteiger partial charge in [0.2, 0.25) is 0 Å². The lowest BCUT2D eigenvalue weighted by molar-refractivity contribution is -0.387. The van der Waals surface area contributed by atoms with Gasteiger partial charge >= 0.3 is 5.97 Å². The molecule has 1 amide bonds. The number of rotatable bonds is 6. The van der Waals surface area contributed by atoms with Crippen LogP contribution in [0.25, 0.3) is 0 Å². The topological polar surface area (TPSA) is 120 Å². The summed E-state index contributed by atoms with van der Waals surface area (Å²) in [5.74, 6) is -1.14.